The van der Waals surface area contributed by atoms with E-state index in [9.17, 15) is 0 Å². The minimum atomic E-state index is 0.421. The van der Waals surface area contributed by atoms with Crippen LogP contribution in [0.5, 0.6) is 0 Å². The number of aromatic nitrogens is 4. The fourth-order valence-corrected chi connectivity index (χ4v) is 3.04. The zero-order chi connectivity index (χ0) is 21.2. The molecule has 0 bridgehead atoms. The summed E-state index contributed by atoms with van der Waals surface area (Å²) in [4.78, 5) is 13.2. The van der Waals surface area contributed by atoms with E-state index in [1.165, 1.54) is 0 Å². The largest absolute Gasteiger partial charge is 0.359 e. The van der Waals surface area contributed by atoms with Gasteiger partial charge >= 0.3 is 0 Å². The van der Waals surface area contributed by atoms with Crippen molar-refractivity contribution in [2.45, 2.75) is 52.5 Å². The minimum absolute atomic E-state index is 0.421. The van der Waals surface area contributed by atoms with Gasteiger partial charge < -0.3 is 19.7 Å². The molecule has 0 spiro atoms. The van der Waals surface area contributed by atoms with Crippen molar-refractivity contribution in [3.8, 4) is 11.6 Å². The highest BCUT2D eigenvalue weighted by Crippen LogP contribution is 2.22. The highest BCUT2D eigenvalue weighted by atomic mass is 16.5. The Morgan fingerprint density at radius 3 is 2.70 bits per heavy atom. The number of rotatable bonds is 10. The molecule has 9 nitrogen and oxygen atoms in total. The highest BCUT2D eigenvalue weighted by Gasteiger charge is 2.13. The molecule has 3 heterocycles. The van der Waals surface area contributed by atoms with Crippen molar-refractivity contribution in [3.63, 3.8) is 0 Å². The Morgan fingerprint density at radius 1 is 1.10 bits per heavy atom. The van der Waals surface area contributed by atoms with Crippen LogP contribution in [-0.2, 0) is 13.0 Å². The summed E-state index contributed by atoms with van der Waals surface area (Å²) in [6, 6.07) is 7.57. The monoisotopic (exact) mass is 411 g/mol. The molecule has 0 fully saturated rings. The second kappa shape index (κ2) is 11.1. The van der Waals surface area contributed by atoms with Gasteiger partial charge in [-0.2, -0.15) is 4.98 Å². The van der Waals surface area contributed by atoms with Crippen molar-refractivity contribution in [1.29, 1.82) is 0 Å². The number of pyridine rings is 1. The molecule has 0 atom stereocenters. The molecular weight excluding hydrogens is 382 g/mol. The summed E-state index contributed by atoms with van der Waals surface area (Å²) >= 11 is 0. The molecule has 0 aliphatic heterocycles. The molecule has 0 radical (unpaired) electrons. The molecule has 0 aliphatic rings. The van der Waals surface area contributed by atoms with Gasteiger partial charge in [0.2, 0.25) is 0 Å². The minimum Gasteiger partial charge on any atom is -0.359 e. The van der Waals surface area contributed by atoms with Crippen molar-refractivity contribution in [1.82, 2.24) is 30.9 Å². The summed E-state index contributed by atoms with van der Waals surface area (Å²) in [6.07, 6.45) is 4.39. The maximum Gasteiger partial charge on any atom is 0.276 e. The summed E-state index contributed by atoms with van der Waals surface area (Å²) in [5.41, 5.74) is 1.67. The third-order valence-electron chi connectivity index (χ3n) is 4.71. The Kier molecular flexibility index (Phi) is 7.94. The third-order valence-corrected chi connectivity index (χ3v) is 4.71. The van der Waals surface area contributed by atoms with Crippen LogP contribution in [0, 0.1) is 0 Å². The van der Waals surface area contributed by atoms with Gasteiger partial charge in [-0.05, 0) is 31.9 Å². The number of aliphatic imine (C=N–C) groups is 1. The van der Waals surface area contributed by atoms with E-state index in [1.54, 1.807) is 6.20 Å². The Hall–Kier alpha value is -3.23. The molecule has 2 N–H and O–H groups in total. The summed E-state index contributed by atoms with van der Waals surface area (Å²) < 4.78 is 10.7. The molecule has 0 unspecified atom stereocenters. The Labute approximate surface area is 176 Å². The van der Waals surface area contributed by atoms with Crippen LogP contribution >= 0.6 is 0 Å². The average Bonchev–Trinajstić information content (AvgIpc) is 3.44. The summed E-state index contributed by atoms with van der Waals surface area (Å²) in [6.45, 7) is 8.15. The van der Waals surface area contributed by atoms with E-state index >= 15 is 0 Å². The Morgan fingerprint density at radius 2 is 1.97 bits per heavy atom. The van der Waals surface area contributed by atoms with Gasteiger partial charge in [-0.15, -0.1) is 0 Å². The van der Waals surface area contributed by atoms with Gasteiger partial charge in [-0.25, -0.2) is 4.99 Å². The van der Waals surface area contributed by atoms with Crippen LogP contribution in [0.2, 0.25) is 0 Å². The SMILES string of the molecule is CCNC(=NCc1cc(C(CC)CC)no1)NCCc1noc(-c2ccccn2)n1. The molecule has 3 aromatic rings. The lowest BCUT2D eigenvalue weighted by Gasteiger charge is -2.09. The molecule has 3 rings (SSSR count). The van der Waals surface area contributed by atoms with Crippen LogP contribution in [0.4, 0.5) is 0 Å². The van der Waals surface area contributed by atoms with Crippen molar-refractivity contribution in [2.24, 2.45) is 4.99 Å². The van der Waals surface area contributed by atoms with E-state index in [0.29, 0.717) is 48.8 Å². The first kappa shape index (κ1) is 21.5. The fraction of sp³-hybridized carbons (Fsp3) is 0.476. The van der Waals surface area contributed by atoms with E-state index in [-0.39, 0.29) is 0 Å². The molecule has 0 aromatic carbocycles. The lowest BCUT2D eigenvalue weighted by molar-refractivity contribution is 0.372. The first-order valence-corrected chi connectivity index (χ1v) is 10.4. The molecule has 0 amide bonds. The number of hydrogen-bond acceptors (Lipinski definition) is 7. The van der Waals surface area contributed by atoms with Gasteiger partial charge in [0, 0.05) is 37.7 Å². The number of nitrogens with zero attached hydrogens (tertiary/aromatic N) is 5. The molecule has 3 aromatic heterocycles. The van der Waals surface area contributed by atoms with E-state index in [2.05, 4.69) is 49.8 Å². The molecule has 0 aliphatic carbocycles. The predicted molar refractivity (Wildman–Crippen MR) is 114 cm³/mol. The summed E-state index contributed by atoms with van der Waals surface area (Å²) in [7, 11) is 0. The first-order valence-electron chi connectivity index (χ1n) is 10.4. The van der Waals surface area contributed by atoms with Crippen molar-refractivity contribution in [2.75, 3.05) is 13.1 Å². The normalized spacial score (nSPS) is 11.8. The Balaban J connectivity index is 1.52. The first-order chi connectivity index (χ1) is 14.7. The van der Waals surface area contributed by atoms with Crippen LogP contribution in [0.25, 0.3) is 11.6 Å². The highest BCUT2D eigenvalue weighted by molar-refractivity contribution is 5.79. The lowest BCUT2D eigenvalue weighted by atomic mass is 9.99. The Bertz CT molecular complexity index is 916. The topological polar surface area (TPSA) is 114 Å². The zero-order valence-electron chi connectivity index (χ0n) is 17.8. The molecule has 30 heavy (non-hydrogen) atoms. The third kappa shape index (κ3) is 5.88. The predicted octanol–water partition coefficient (Wildman–Crippen LogP) is 3.32. The molecule has 9 heteroatoms. The number of hydrogen-bond donors (Lipinski definition) is 2. The maximum atomic E-state index is 5.45. The van der Waals surface area contributed by atoms with Gasteiger partial charge in [-0.3, -0.25) is 4.98 Å². The van der Waals surface area contributed by atoms with Crippen LogP contribution in [-0.4, -0.2) is 39.3 Å². The molecule has 0 saturated carbocycles. The quantitative estimate of drug-likeness (QED) is 0.386. The van der Waals surface area contributed by atoms with Gasteiger partial charge in [0.25, 0.3) is 5.89 Å². The molecule has 160 valence electrons. The van der Waals surface area contributed by atoms with Crippen LogP contribution in [0.15, 0.2) is 44.5 Å². The average molecular weight is 412 g/mol. The summed E-state index contributed by atoms with van der Waals surface area (Å²) in [5.74, 6) is 2.93. The lowest BCUT2D eigenvalue weighted by Crippen LogP contribution is -2.38. The van der Waals surface area contributed by atoms with E-state index < -0.39 is 0 Å². The van der Waals surface area contributed by atoms with E-state index in [4.69, 9.17) is 9.05 Å². The standard InChI is InChI=1S/C21H29N7O2/c1-4-15(5-2)18-13-16(29-27-18)14-25-21(22-6-3)24-12-10-19-26-20(30-28-19)17-9-7-8-11-23-17/h7-9,11,13,15H,4-6,10,12,14H2,1-3H3,(H2,22,24,25). The van der Waals surface area contributed by atoms with E-state index in [0.717, 1.165) is 30.8 Å². The smallest absolute Gasteiger partial charge is 0.276 e. The summed E-state index contributed by atoms with van der Waals surface area (Å²) in [5, 5.41) is 14.7. The molecular formula is C21H29N7O2. The van der Waals surface area contributed by atoms with Crippen molar-refractivity contribution >= 4 is 5.96 Å². The van der Waals surface area contributed by atoms with Crippen LogP contribution in [0.1, 0.15) is 56.8 Å². The van der Waals surface area contributed by atoms with Crippen molar-refractivity contribution < 1.29 is 9.05 Å². The van der Waals surface area contributed by atoms with Gasteiger partial charge in [0.1, 0.15) is 12.2 Å². The van der Waals surface area contributed by atoms with Gasteiger partial charge in [0.15, 0.2) is 17.5 Å². The molecule has 0 saturated heterocycles. The van der Waals surface area contributed by atoms with Crippen LogP contribution < -0.4 is 10.6 Å². The second-order valence-corrected chi connectivity index (χ2v) is 6.83. The van der Waals surface area contributed by atoms with Gasteiger partial charge in [0.05, 0.1) is 5.69 Å². The number of guanidine groups is 1. The van der Waals surface area contributed by atoms with Crippen molar-refractivity contribution in [3.05, 3.63) is 47.7 Å². The number of nitrogens with one attached hydrogen (secondary N) is 2. The van der Waals surface area contributed by atoms with E-state index in [1.807, 2.05) is 31.2 Å². The zero-order valence-corrected chi connectivity index (χ0v) is 17.8. The van der Waals surface area contributed by atoms with Gasteiger partial charge in [-0.1, -0.05) is 30.2 Å². The maximum absolute atomic E-state index is 5.45. The second-order valence-electron chi connectivity index (χ2n) is 6.83. The van der Waals surface area contributed by atoms with Crippen LogP contribution in [0.3, 0.4) is 0 Å². The fourth-order valence-electron chi connectivity index (χ4n) is 3.04.